The number of amides is 1. The Labute approximate surface area is 307 Å². The first-order valence-corrected chi connectivity index (χ1v) is 18.1. The Hall–Kier alpha value is -4.35. The number of amidine groups is 1. The van der Waals surface area contributed by atoms with Gasteiger partial charge in [-0.3, -0.25) is 19.4 Å². The highest BCUT2D eigenvalue weighted by atomic mass is 79.9. The fourth-order valence-electron chi connectivity index (χ4n) is 6.62. The SMILES string of the molecule is CC(C)c1cccc(C(C)C)c1N=C(N)c1c(Br)c(C(=O)O)c(C(=O)Nc2c(C(C)C)cccc2C(C)C)c2c3c(Br)cc(c(=O)[nH]c3=O)c12. The van der Waals surface area contributed by atoms with Crippen LogP contribution in [-0.2, 0) is 0 Å². The molecule has 5 N–H and O–H groups in total. The van der Waals surface area contributed by atoms with Gasteiger partial charge in [-0.25, -0.2) is 9.79 Å². The van der Waals surface area contributed by atoms with E-state index in [-0.39, 0.29) is 71.1 Å². The third kappa shape index (κ3) is 6.37. The van der Waals surface area contributed by atoms with Gasteiger partial charge in [0.1, 0.15) is 5.84 Å². The molecule has 9 nitrogen and oxygen atoms in total. The Balaban J connectivity index is 1.98. The van der Waals surface area contributed by atoms with Crippen LogP contribution in [-0.4, -0.2) is 27.8 Å². The third-order valence-electron chi connectivity index (χ3n) is 9.05. The molecule has 6 rings (SSSR count). The molecule has 0 unspecified atom stereocenters. The van der Waals surface area contributed by atoms with Crippen molar-refractivity contribution in [2.24, 2.45) is 10.7 Å². The molecule has 4 aromatic carbocycles. The van der Waals surface area contributed by atoms with Crippen molar-refractivity contribution < 1.29 is 14.7 Å². The van der Waals surface area contributed by atoms with Gasteiger partial charge in [-0.2, -0.15) is 0 Å². The Morgan fingerprint density at radius 3 is 1.72 bits per heavy atom. The molecule has 0 radical (unpaired) electrons. The molecular weight excluding hydrogens is 764 g/mol. The number of halogens is 2. The molecule has 0 aliphatic heterocycles. The Bertz CT molecular complexity index is 2290. The van der Waals surface area contributed by atoms with E-state index in [1.54, 1.807) is 0 Å². The summed E-state index contributed by atoms with van der Waals surface area (Å²) in [6, 6.07) is 13.1. The standard InChI is InChI=1S/C39H40Br2N4O5/c1-16(2)20-11-9-12-21(17(3)4)33(20)43-35(42)30-26-24-15-25(40)27(37(47)45-36(24)46)28(26)29(31(32(30)41)39(49)50)38(48)44-34-22(18(5)6)13-10-14-23(34)19(7)8/h9-19H,1-8H3,(H2,42,43)(H,44,48)(H,49,50)(H,45,46,47). The number of aromatic carboxylic acids is 1. The molecule has 0 aliphatic rings. The number of aliphatic imine (C=N–C) groups is 1. The van der Waals surface area contributed by atoms with Crippen LogP contribution in [0.5, 0.6) is 0 Å². The van der Waals surface area contributed by atoms with Crippen LogP contribution in [0.3, 0.4) is 0 Å². The van der Waals surface area contributed by atoms with E-state index < -0.39 is 28.6 Å². The van der Waals surface area contributed by atoms with Crippen LogP contribution in [0, 0.1) is 0 Å². The molecule has 0 aliphatic carbocycles. The summed E-state index contributed by atoms with van der Waals surface area (Å²) in [5.41, 5.74) is 9.49. The van der Waals surface area contributed by atoms with Crippen LogP contribution in [0.25, 0.3) is 21.5 Å². The van der Waals surface area contributed by atoms with Gasteiger partial charge in [-0.05, 0) is 83.9 Å². The Morgan fingerprint density at radius 1 is 0.740 bits per heavy atom. The number of aromatic amines is 1. The van der Waals surface area contributed by atoms with Gasteiger partial charge in [0, 0.05) is 36.4 Å². The average Bonchev–Trinajstić information content (AvgIpc) is 3.20. The van der Waals surface area contributed by atoms with Crippen LogP contribution in [0.1, 0.15) is 128 Å². The van der Waals surface area contributed by atoms with Crippen molar-refractivity contribution >= 4 is 82.5 Å². The second kappa shape index (κ2) is 14.1. The monoisotopic (exact) mass is 802 g/mol. The number of aromatic nitrogens is 1. The highest BCUT2D eigenvalue weighted by Gasteiger charge is 2.33. The van der Waals surface area contributed by atoms with E-state index in [0.717, 1.165) is 22.3 Å². The molecular formula is C39H40Br2N4O5. The molecule has 0 saturated carbocycles. The Morgan fingerprint density at radius 2 is 1.24 bits per heavy atom. The molecule has 2 aromatic heterocycles. The fraction of sp³-hybridized carbons (Fsp3) is 0.308. The summed E-state index contributed by atoms with van der Waals surface area (Å²) in [6.45, 7) is 16.2. The molecule has 0 atom stereocenters. The first-order valence-electron chi connectivity index (χ1n) is 16.5. The lowest BCUT2D eigenvalue weighted by Crippen LogP contribution is -2.23. The van der Waals surface area contributed by atoms with E-state index in [9.17, 15) is 24.3 Å². The summed E-state index contributed by atoms with van der Waals surface area (Å²) < 4.78 is 0.171. The predicted molar refractivity (Wildman–Crippen MR) is 209 cm³/mol. The maximum absolute atomic E-state index is 14.7. The third-order valence-corrected chi connectivity index (χ3v) is 10.5. The molecule has 2 bridgehead atoms. The normalized spacial score (nSPS) is 12.3. The molecule has 0 fully saturated rings. The number of fused-ring (bicyclic) bond motifs is 3. The van der Waals surface area contributed by atoms with E-state index in [1.165, 1.54) is 6.07 Å². The van der Waals surface area contributed by atoms with Crippen molar-refractivity contribution in [1.29, 1.82) is 0 Å². The number of H-pyrrole nitrogens is 1. The number of hydrogen-bond donors (Lipinski definition) is 4. The number of nitrogens with zero attached hydrogens (tertiary/aromatic N) is 1. The number of rotatable bonds is 9. The van der Waals surface area contributed by atoms with Crippen molar-refractivity contribution in [2.45, 2.75) is 79.1 Å². The summed E-state index contributed by atoms with van der Waals surface area (Å²) in [4.78, 5) is 62.5. The zero-order valence-electron chi connectivity index (χ0n) is 29.2. The minimum atomic E-state index is -1.44. The molecule has 11 heteroatoms. The summed E-state index contributed by atoms with van der Waals surface area (Å²) in [7, 11) is 0. The molecule has 0 saturated heterocycles. The van der Waals surface area contributed by atoms with Crippen molar-refractivity contribution in [2.75, 3.05) is 5.32 Å². The van der Waals surface area contributed by atoms with Gasteiger partial charge in [0.2, 0.25) is 0 Å². The number of nitrogens with two attached hydrogens (primary N) is 1. The van der Waals surface area contributed by atoms with Crippen LogP contribution in [0.15, 0.2) is 66.0 Å². The van der Waals surface area contributed by atoms with Gasteiger partial charge < -0.3 is 16.2 Å². The summed E-state index contributed by atoms with van der Waals surface area (Å²) >= 11 is 6.93. The quantitative estimate of drug-likeness (QED) is 0.0860. The highest BCUT2D eigenvalue weighted by molar-refractivity contribution is 9.11. The number of carboxylic acids is 1. The van der Waals surface area contributed by atoms with E-state index in [2.05, 4.69) is 42.2 Å². The van der Waals surface area contributed by atoms with Crippen LogP contribution < -0.4 is 22.2 Å². The van der Waals surface area contributed by atoms with Crippen LogP contribution in [0.2, 0.25) is 0 Å². The minimum Gasteiger partial charge on any atom is -0.478 e. The maximum Gasteiger partial charge on any atom is 0.337 e. The molecule has 0 spiro atoms. The second-order valence-corrected chi connectivity index (χ2v) is 15.4. The number of hydrogen-bond acceptors (Lipinski definition) is 5. The molecule has 50 heavy (non-hydrogen) atoms. The van der Waals surface area contributed by atoms with Crippen LogP contribution >= 0.6 is 31.9 Å². The van der Waals surface area contributed by atoms with Gasteiger partial charge in [0.15, 0.2) is 0 Å². The van der Waals surface area contributed by atoms with Gasteiger partial charge in [-0.15, -0.1) is 0 Å². The number of benzene rings is 4. The zero-order valence-corrected chi connectivity index (χ0v) is 32.4. The maximum atomic E-state index is 14.7. The first-order chi connectivity index (χ1) is 23.5. The Kier molecular flexibility index (Phi) is 10.4. The van der Waals surface area contributed by atoms with Gasteiger partial charge in [0.25, 0.3) is 17.0 Å². The number of carbonyl (C=O) groups excluding carboxylic acids is 1. The molecule has 2 heterocycles. The number of carbonyl (C=O) groups is 2. The van der Waals surface area contributed by atoms with Crippen molar-refractivity contribution in [3.8, 4) is 0 Å². The summed E-state index contributed by atoms with van der Waals surface area (Å²) in [5.74, 6) is -2.08. The lowest BCUT2D eigenvalue weighted by Gasteiger charge is -2.23. The second-order valence-electron chi connectivity index (χ2n) is 13.7. The van der Waals surface area contributed by atoms with Crippen LogP contribution in [0.4, 0.5) is 11.4 Å². The van der Waals surface area contributed by atoms with E-state index in [1.807, 2.05) is 91.8 Å². The van der Waals surface area contributed by atoms with Gasteiger partial charge in [-0.1, -0.05) is 91.8 Å². The number of nitrogens with one attached hydrogen (secondary N) is 2. The molecule has 6 aromatic rings. The minimum absolute atomic E-state index is 0.0213. The average molecular weight is 805 g/mol. The van der Waals surface area contributed by atoms with E-state index in [4.69, 9.17) is 10.7 Å². The van der Waals surface area contributed by atoms with Gasteiger partial charge >= 0.3 is 5.97 Å². The predicted octanol–water partition coefficient (Wildman–Crippen LogP) is 9.49. The van der Waals surface area contributed by atoms with Crippen molar-refractivity contribution in [1.82, 2.24) is 4.98 Å². The smallest absolute Gasteiger partial charge is 0.337 e. The number of anilines is 1. The lowest BCUT2D eigenvalue weighted by atomic mass is 9.89. The highest BCUT2D eigenvalue weighted by Crippen LogP contribution is 2.43. The molecule has 1 amide bonds. The lowest BCUT2D eigenvalue weighted by molar-refractivity contribution is 0.0691. The topological polar surface area (TPSA) is 155 Å². The summed E-state index contributed by atoms with van der Waals surface area (Å²) in [6.07, 6.45) is 0. The largest absolute Gasteiger partial charge is 0.478 e. The number of para-hydroxylation sites is 2. The summed E-state index contributed by atoms with van der Waals surface area (Å²) in [5, 5.41) is 13.9. The van der Waals surface area contributed by atoms with Crippen molar-refractivity contribution in [3.05, 3.63) is 111 Å². The first kappa shape index (κ1) is 36.9. The fourth-order valence-corrected chi connectivity index (χ4v) is 8.00. The van der Waals surface area contributed by atoms with E-state index in [0.29, 0.717) is 11.4 Å². The number of carboxylic acid groups (broad SMARTS) is 1. The van der Waals surface area contributed by atoms with Gasteiger partial charge in [0.05, 0.1) is 22.2 Å². The van der Waals surface area contributed by atoms with E-state index >= 15 is 0 Å². The molecule has 260 valence electrons. The van der Waals surface area contributed by atoms with Crippen molar-refractivity contribution in [3.63, 3.8) is 0 Å². The zero-order chi connectivity index (χ0) is 36.9.